The third kappa shape index (κ3) is 4.54. The Balaban J connectivity index is 2.31. The molecule has 0 aliphatic carbocycles. The topological polar surface area (TPSA) is 12.5 Å². The molecular formula is C12H18ClNO. The van der Waals surface area contributed by atoms with Crippen molar-refractivity contribution in [3.8, 4) is 5.75 Å². The molecule has 0 heterocycles. The molecule has 0 amide bonds. The van der Waals surface area contributed by atoms with E-state index in [1.54, 1.807) is 0 Å². The fourth-order valence-electron chi connectivity index (χ4n) is 1.21. The van der Waals surface area contributed by atoms with Crippen LogP contribution >= 0.6 is 11.6 Å². The number of ether oxygens (including phenoxy) is 1. The van der Waals surface area contributed by atoms with Gasteiger partial charge in [-0.3, -0.25) is 4.90 Å². The Hall–Kier alpha value is -0.730. The Kier molecular flexibility index (Phi) is 5.51. The zero-order valence-electron chi connectivity index (χ0n) is 9.32. The molecule has 0 saturated carbocycles. The molecule has 1 rings (SSSR count). The van der Waals surface area contributed by atoms with Crippen molar-refractivity contribution in [3.63, 3.8) is 0 Å². The van der Waals surface area contributed by atoms with Gasteiger partial charge in [0.1, 0.15) is 12.4 Å². The van der Waals surface area contributed by atoms with E-state index in [0.717, 1.165) is 12.3 Å². The predicted molar refractivity (Wildman–Crippen MR) is 64.7 cm³/mol. The summed E-state index contributed by atoms with van der Waals surface area (Å²) in [5, 5.41) is 0. The van der Waals surface area contributed by atoms with E-state index in [1.807, 2.05) is 30.3 Å². The fourth-order valence-corrected chi connectivity index (χ4v) is 1.48. The Morgan fingerprint density at radius 3 is 2.60 bits per heavy atom. The molecular weight excluding hydrogens is 210 g/mol. The van der Waals surface area contributed by atoms with Crippen molar-refractivity contribution in [1.29, 1.82) is 0 Å². The zero-order chi connectivity index (χ0) is 11.1. The molecule has 0 spiro atoms. The largest absolute Gasteiger partial charge is 0.492 e. The van der Waals surface area contributed by atoms with Gasteiger partial charge in [-0.25, -0.2) is 0 Å². The van der Waals surface area contributed by atoms with Gasteiger partial charge in [0.25, 0.3) is 0 Å². The first-order valence-electron chi connectivity index (χ1n) is 5.18. The van der Waals surface area contributed by atoms with Crippen LogP contribution in [-0.4, -0.2) is 37.0 Å². The maximum atomic E-state index is 5.68. The number of hydrogen-bond acceptors (Lipinski definition) is 2. The minimum Gasteiger partial charge on any atom is -0.492 e. The number of halogens is 1. The first-order valence-corrected chi connectivity index (χ1v) is 5.71. The number of likely N-dealkylation sites (N-methyl/N-ethyl adjacent to an activating group) is 1. The van der Waals surface area contributed by atoms with E-state index in [2.05, 4.69) is 18.9 Å². The van der Waals surface area contributed by atoms with E-state index in [-0.39, 0.29) is 0 Å². The van der Waals surface area contributed by atoms with E-state index in [0.29, 0.717) is 18.5 Å². The van der Waals surface area contributed by atoms with E-state index in [1.165, 1.54) is 0 Å². The SMILES string of the molecule is CC(COc1ccccc1)N(C)CCCl. The molecule has 1 atom stereocenters. The van der Waals surface area contributed by atoms with Crippen molar-refractivity contribution in [1.82, 2.24) is 4.90 Å². The minimum atomic E-state index is 0.379. The lowest BCUT2D eigenvalue weighted by atomic mass is 10.3. The van der Waals surface area contributed by atoms with Crippen molar-refractivity contribution in [2.24, 2.45) is 0 Å². The van der Waals surface area contributed by atoms with E-state index in [4.69, 9.17) is 16.3 Å². The van der Waals surface area contributed by atoms with Gasteiger partial charge in [0.05, 0.1) is 0 Å². The summed E-state index contributed by atoms with van der Waals surface area (Å²) < 4.78 is 5.65. The number of alkyl halides is 1. The summed E-state index contributed by atoms with van der Waals surface area (Å²) in [7, 11) is 2.06. The van der Waals surface area contributed by atoms with Crippen LogP contribution in [0.5, 0.6) is 5.75 Å². The molecule has 15 heavy (non-hydrogen) atoms. The molecule has 0 saturated heterocycles. The van der Waals surface area contributed by atoms with Gasteiger partial charge in [-0.05, 0) is 26.1 Å². The molecule has 1 unspecified atom stereocenters. The lowest BCUT2D eigenvalue weighted by molar-refractivity contribution is 0.180. The standard InChI is InChI=1S/C12H18ClNO/c1-11(14(2)9-8-13)10-15-12-6-4-3-5-7-12/h3-7,11H,8-10H2,1-2H3. The highest BCUT2D eigenvalue weighted by Crippen LogP contribution is 2.09. The van der Waals surface area contributed by atoms with Crippen LogP contribution in [0.25, 0.3) is 0 Å². The highest BCUT2D eigenvalue weighted by Gasteiger charge is 2.08. The highest BCUT2D eigenvalue weighted by atomic mass is 35.5. The number of para-hydroxylation sites is 1. The van der Waals surface area contributed by atoms with Gasteiger partial charge in [0, 0.05) is 18.5 Å². The van der Waals surface area contributed by atoms with Gasteiger partial charge in [0.2, 0.25) is 0 Å². The van der Waals surface area contributed by atoms with Crippen LogP contribution in [0.2, 0.25) is 0 Å². The van der Waals surface area contributed by atoms with Gasteiger partial charge in [0.15, 0.2) is 0 Å². The van der Waals surface area contributed by atoms with Crippen LogP contribution in [-0.2, 0) is 0 Å². The molecule has 2 nitrogen and oxygen atoms in total. The second kappa shape index (κ2) is 6.70. The normalized spacial score (nSPS) is 12.8. The van der Waals surface area contributed by atoms with Crippen molar-refractivity contribution < 1.29 is 4.74 Å². The molecule has 1 aromatic carbocycles. The summed E-state index contributed by atoms with van der Waals surface area (Å²) in [5.41, 5.74) is 0. The highest BCUT2D eigenvalue weighted by molar-refractivity contribution is 6.18. The lowest BCUT2D eigenvalue weighted by Gasteiger charge is -2.23. The molecule has 1 aromatic rings. The maximum absolute atomic E-state index is 5.68. The molecule has 0 N–H and O–H groups in total. The molecule has 84 valence electrons. The Bertz CT molecular complexity index is 266. The summed E-state index contributed by atoms with van der Waals surface area (Å²) in [5.74, 6) is 1.58. The summed E-state index contributed by atoms with van der Waals surface area (Å²) in [6.07, 6.45) is 0. The Morgan fingerprint density at radius 1 is 1.33 bits per heavy atom. The van der Waals surface area contributed by atoms with E-state index >= 15 is 0 Å². The number of rotatable bonds is 6. The minimum absolute atomic E-state index is 0.379. The summed E-state index contributed by atoms with van der Waals surface area (Å²) in [6.45, 7) is 3.72. The smallest absolute Gasteiger partial charge is 0.119 e. The third-order valence-corrected chi connectivity index (χ3v) is 2.59. The molecule has 0 fully saturated rings. The predicted octanol–water partition coefficient (Wildman–Crippen LogP) is 2.62. The Labute approximate surface area is 96.8 Å². The van der Waals surface area contributed by atoms with Crippen molar-refractivity contribution in [2.45, 2.75) is 13.0 Å². The summed E-state index contributed by atoms with van der Waals surface area (Å²) in [6, 6.07) is 10.2. The fraction of sp³-hybridized carbons (Fsp3) is 0.500. The van der Waals surface area contributed by atoms with E-state index < -0.39 is 0 Å². The first-order chi connectivity index (χ1) is 7.24. The quantitative estimate of drug-likeness (QED) is 0.693. The summed E-state index contributed by atoms with van der Waals surface area (Å²) in [4.78, 5) is 2.19. The monoisotopic (exact) mass is 227 g/mol. The lowest BCUT2D eigenvalue weighted by Crippen LogP contribution is -2.35. The van der Waals surface area contributed by atoms with Gasteiger partial charge in [-0.1, -0.05) is 18.2 Å². The molecule has 0 bridgehead atoms. The van der Waals surface area contributed by atoms with Crippen LogP contribution in [0.15, 0.2) is 30.3 Å². The number of hydrogen-bond donors (Lipinski definition) is 0. The van der Waals surface area contributed by atoms with Crippen molar-refractivity contribution in [2.75, 3.05) is 26.1 Å². The first kappa shape index (κ1) is 12.3. The van der Waals surface area contributed by atoms with Crippen LogP contribution in [0.1, 0.15) is 6.92 Å². The van der Waals surface area contributed by atoms with Crippen LogP contribution in [0.3, 0.4) is 0 Å². The molecule has 0 aliphatic heterocycles. The van der Waals surface area contributed by atoms with E-state index in [9.17, 15) is 0 Å². The molecule has 3 heteroatoms. The van der Waals surface area contributed by atoms with Gasteiger partial charge < -0.3 is 4.74 Å². The summed E-state index contributed by atoms with van der Waals surface area (Å²) >= 11 is 5.68. The average Bonchev–Trinajstić information content (AvgIpc) is 2.27. The van der Waals surface area contributed by atoms with Gasteiger partial charge in [-0.2, -0.15) is 0 Å². The second-order valence-corrected chi connectivity index (χ2v) is 4.02. The van der Waals surface area contributed by atoms with Crippen LogP contribution < -0.4 is 4.74 Å². The number of benzene rings is 1. The average molecular weight is 228 g/mol. The molecule has 0 aromatic heterocycles. The molecule has 0 aliphatic rings. The zero-order valence-corrected chi connectivity index (χ0v) is 10.1. The number of nitrogens with zero attached hydrogens (tertiary/aromatic N) is 1. The molecule has 0 radical (unpaired) electrons. The Morgan fingerprint density at radius 2 is 2.00 bits per heavy atom. The van der Waals surface area contributed by atoms with Gasteiger partial charge >= 0.3 is 0 Å². The van der Waals surface area contributed by atoms with Crippen molar-refractivity contribution >= 4 is 11.6 Å². The second-order valence-electron chi connectivity index (χ2n) is 3.64. The van der Waals surface area contributed by atoms with Gasteiger partial charge in [-0.15, -0.1) is 11.6 Å². The maximum Gasteiger partial charge on any atom is 0.119 e. The van der Waals surface area contributed by atoms with Crippen LogP contribution in [0.4, 0.5) is 0 Å². The van der Waals surface area contributed by atoms with Crippen molar-refractivity contribution in [3.05, 3.63) is 30.3 Å². The third-order valence-electron chi connectivity index (χ3n) is 2.42. The van der Waals surface area contributed by atoms with Crippen LogP contribution in [0, 0.1) is 0 Å².